The summed E-state index contributed by atoms with van der Waals surface area (Å²) < 4.78 is 2.06. The van der Waals surface area contributed by atoms with E-state index < -0.39 is 0 Å². The number of carbonyl (C=O) groups excluding carboxylic acids is 2. The molecule has 2 aliphatic rings. The Morgan fingerprint density at radius 2 is 1.66 bits per heavy atom. The molecule has 2 fully saturated rings. The maximum absolute atomic E-state index is 12.8. The van der Waals surface area contributed by atoms with Crippen molar-refractivity contribution < 1.29 is 9.59 Å². The van der Waals surface area contributed by atoms with Crippen LogP contribution in [0.25, 0.3) is 10.9 Å². The van der Waals surface area contributed by atoms with Gasteiger partial charge in [0.05, 0.1) is 5.75 Å². The topological polar surface area (TPSA) is 45.6 Å². The Kier molecular flexibility index (Phi) is 6.48. The van der Waals surface area contributed by atoms with E-state index in [0.717, 1.165) is 67.7 Å². The third-order valence-electron chi connectivity index (χ3n) is 6.25. The van der Waals surface area contributed by atoms with Gasteiger partial charge in [0.2, 0.25) is 11.8 Å². The first-order chi connectivity index (χ1) is 14.1. The van der Waals surface area contributed by atoms with Crippen LogP contribution in [-0.4, -0.2) is 58.1 Å². The van der Waals surface area contributed by atoms with Crippen LogP contribution in [0.15, 0.2) is 35.4 Å². The maximum atomic E-state index is 12.8. The van der Waals surface area contributed by atoms with Crippen LogP contribution in [-0.2, 0) is 16.1 Å². The average Bonchev–Trinajstić information content (AvgIpc) is 3.10. The van der Waals surface area contributed by atoms with Gasteiger partial charge in [-0.05, 0) is 44.1 Å². The van der Waals surface area contributed by atoms with Gasteiger partial charge in [-0.3, -0.25) is 9.59 Å². The largest absolute Gasteiger partial charge is 0.342 e. The zero-order valence-corrected chi connectivity index (χ0v) is 18.1. The van der Waals surface area contributed by atoms with Crippen molar-refractivity contribution in [2.75, 3.05) is 31.9 Å². The highest BCUT2D eigenvalue weighted by atomic mass is 32.2. The highest BCUT2D eigenvalue weighted by Gasteiger charge is 2.22. The van der Waals surface area contributed by atoms with Crippen LogP contribution in [0.1, 0.15) is 39.0 Å². The quantitative estimate of drug-likeness (QED) is 0.696. The van der Waals surface area contributed by atoms with Gasteiger partial charge in [-0.25, -0.2) is 0 Å². The van der Waals surface area contributed by atoms with Crippen molar-refractivity contribution in [3.8, 4) is 0 Å². The van der Waals surface area contributed by atoms with Crippen molar-refractivity contribution >= 4 is 34.5 Å². The van der Waals surface area contributed by atoms with Crippen molar-refractivity contribution in [1.82, 2.24) is 14.4 Å². The van der Waals surface area contributed by atoms with Gasteiger partial charge in [-0.1, -0.05) is 25.1 Å². The number of fused-ring (bicyclic) bond motifs is 1. The summed E-state index contributed by atoms with van der Waals surface area (Å²) >= 11 is 1.60. The number of thioether (sulfide) groups is 1. The predicted molar refractivity (Wildman–Crippen MR) is 118 cm³/mol. The molecule has 0 N–H and O–H groups in total. The SMILES string of the molecule is CC1CCN(C(=O)Cn2cc(SCC(=O)N3CCCCC3)c3ccccc32)CC1. The fourth-order valence-electron chi connectivity index (χ4n) is 4.34. The van der Waals surface area contributed by atoms with Gasteiger partial charge in [0.15, 0.2) is 0 Å². The van der Waals surface area contributed by atoms with E-state index in [9.17, 15) is 9.59 Å². The number of nitrogens with zero attached hydrogens (tertiary/aromatic N) is 3. The van der Waals surface area contributed by atoms with Crippen molar-refractivity contribution in [3.63, 3.8) is 0 Å². The normalized spacial score (nSPS) is 18.4. The summed E-state index contributed by atoms with van der Waals surface area (Å²) in [4.78, 5) is 30.5. The molecule has 4 rings (SSSR count). The zero-order valence-electron chi connectivity index (χ0n) is 17.3. The third-order valence-corrected chi connectivity index (χ3v) is 7.28. The minimum absolute atomic E-state index is 0.193. The lowest BCUT2D eigenvalue weighted by molar-refractivity contribution is -0.133. The lowest BCUT2D eigenvalue weighted by Crippen LogP contribution is -2.39. The number of amides is 2. The van der Waals surface area contributed by atoms with Crippen LogP contribution in [0.2, 0.25) is 0 Å². The summed E-state index contributed by atoms with van der Waals surface area (Å²) in [6.07, 6.45) is 7.72. The Labute approximate surface area is 177 Å². The predicted octanol–water partition coefficient (Wildman–Crippen LogP) is 4.00. The van der Waals surface area contributed by atoms with Crippen molar-refractivity contribution in [2.24, 2.45) is 5.92 Å². The molecular weight excluding hydrogens is 382 g/mol. The lowest BCUT2D eigenvalue weighted by Gasteiger charge is -2.30. The van der Waals surface area contributed by atoms with Crippen molar-refractivity contribution in [3.05, 3.63) is 30.5 Å². The third kappa shape index (κ3) is 4.80. The van der Waals surface area contributed by atoms with E-state index >= 15 is 0 Å². The first kappa shape index (κ1) is 20.3. The average molecular weight is 414 g/mol. The number of para-hydroxylation sites is 1. The van der Waals surface area contributed by atoms with E-state index in [0.29, 0.717) is 18.2 Å². The molecule has 0 aliphatic carbocycles. The van der Waals surface area contributed by atoms with Crippen molar-refractivity contribution in [2.45, 2.75) is 50.5 Å². The number of rotatable bonds is 5. The van der Waals surface area contributed by atoms with Gasteiger partial charge in [-0.15, -0.1) is 11.8 Å². The molecule has 2 aliphatic heterocycles. The Bertz CT molecular complexity index is 864. The van der Waals surface area contributed by atoms with E-state index in [-0.39, 0.29) is 11.8 Å². The summed E-state index contributed by atoms with van der Waals surface area (Å²) in [5.74, 6) is 1.60. The summed E-state index contributed by atoms with van der Waals surface area (Å²) in [5.41, 5.74) is 1.07. The molecule has 3 heterocycles. The molecule has 0 unspecified atom stereocenters. The van der Waals surface area contributed by atoms with Gasteiger partial charge in [-0.2, -0.15) is 0 Å². The summed E-state index contributed by atoms with van der Waals surface area (Å²) in [6.45, 7) is 6.15. The Balaban J connectivity index is 1.45. The highest BCUT2D eigenvalue weighted by molar-refractivity contribution is 8.00. The number of carbonyl (C=O) groups is 2. The summed E-state index contributed by atoms with van der Waals surface area (Å²) in [6, 6.07) is 8.19. The number of likely N-dealkylation sites (tertiary alicyclic amines) is 2. The van der Waals surface area contributed by atoms with Crippen LogP contribution in [0.3, 0.4) is 0 Å². The van der Waals surface area contributed by atoms with Gasteiger partial charge in [0.1, 0.15) is 6.54 Å². The molecule has 0 radical (unpaired) electrons. The number of aromatic nitrogens is 1. The van der Waals surface area contributed by atoms with E-state index in [4.69, 9.17) is 0 Å². The number of hydrogen-bond acceptors (Lipinski definition) is 3. The number of benzene rings is 1. The second-order valence-corrected chi connectivity index (χ2v) is 9.45. The second kappa shape index (κ2) is 9.24. The maximum Gasteiger partial charge on any atom is 0.242 e. The van der Waals surface area contributed by atoms with Gasteiger partial charge < -0.3 is 14.4 Å². The van der Waals surface area contributed by atoms with Gasteiger partial charge in [0, 0.05) is 48.2 Å². The fourth-order valence-corrected chi connectivity index (χ4v) is 5.33. The molecule has 1 aromatic carbocycles. The van der Waals surface area contributed by atoms with Crippen molar-refractivity contribution in [1.29, 1.82) is 0 Å². The molecular formula is C23H31N3O2S. The molecule has 0 spiro atoms. The second-order valence-electron chi connectivity index (χ2n) is 8.43. The smallest absolute Gasteiger partial charge is 0.242 e. The molecule has 156 valence electrons. The number of hydrogen-bond donors (Lipinski definition) is 0. The summed E-state index contributed by atoms with van der Waals surface area (Å²) in [7, 11) is 0. The standard InChI is InChI=1S/C23H31N3O2S/c1-18-9-13-25(14-10-18)22(27)16-26-15-21(19-7-3-4-8-20(19)26)29-17-23(28)24-11-5-2-6-12-24/h3-4,7-8,15,18H,2,5-6,9-14,16-17H2,1H3. The highest BCUT2D eigenvalue weighted by Crippen LogP contribution is 2.30. The Morgan fingerprint density at radius 1 is 0.966 bits per heavy atom. The van der Waals surface area contributed by atoms with E-state index in [1.807, 2.05) is 21.9 Å². The molecule has 0 saturated carbocycles. The van der Waals surface area contributed by atoms with E-state index in [1.54, 1.807) is 11.8 Å². The summed E-state index contributed by atoms with van der Waals surface area (Å²) in [5, 5.41) is 1.13. The van der Waals surface area contributed by atoms with E-state index in [1.165, 1.54) is 6.42 Å². The molecule has 6 heteroatoms. The first-order valence-corrected chi connectivity index (χ1v) is 11.9. The molecule has 0 bridgehead atoms. The van der Waals surface area contributed by atoms with Crippen LogP contribution in [0.4, 0.5) is 0 Å². The minimum atomic E-state index is 0.193. The lowest BCUT2D eigenvalue weighted by atomic mass is 9.99. The molecule has 0 atom stereocenters. The van der Waals surface area contributed by atoms with Gasteiger partial charge >= 0.3 is 0 Å². The molecule has 2 aromatic rings. The zero-order chi connectivity index (χ0) is 20.2. The Hall–Kier alpha value is -1.95. The molecule has 29 heavy (non-hydrogen) atoms. The number of piperidine rings is 2. The Morgan fingerprint density at radius 3 is 2.41 bits per heavy atom. The molecule has 2 amide bonds. The van der Waals surface area contributed by atoms with E-state index in [2.05, 4.69) is 29.8 Å². The van der Waals surface area contributed by atoms with Crippen LogP contribution in [0.5, 0.6) is 0 Å². The van der Waals surface area contributed by atoms with Crippen LogP contribution in [0, 0.1) is 5.92 Å². The van der Waals surface area contributed by atoms with Crippen LogP contribution < -0.4 is 0 Å². The molecule has 5 nitrogen and oxygen atoms in total. The monoisotopic (exact) mass is 413 g/mol. The minimum Gasteiger partial charge on any atom is -0.342 e. The van der Waals surface area contributed by atoms with Gasteiger partial charge in [0.25, 0.3) is 0 Å². The fraction of sp³-hybridized carbons (Fsp3) is 0.565. The first-order valence-electron chi connectivity index (χ1n) is 10.9. The molecule has 1 aromatic heterocycles. The van der Waals surface area contributed by atoms with Crippen LogP contribution >= 0.6 is 11.8 Å². The molecule has 2 saturated heterocycles.